The second kappa shape index (κ2) is 20.0. The molecule has 4 aromatic rings. The third kappa shape index (κ3) is 11.7. The molecule has 53 heavy (non-hydrogen) atoms. The summed E-state index contributed by atoms with van der Waals surface area (Å²) in [4.78, 5) is 59.0. The maximum atomic E-state index is 13.5. The van der Waals surface area contributed by atoms with Gasteiger partial charge in [0.05, 0.1) is 35.1 Å². The number of likely N-dealkylation sites (tertiary alicyclic amines) is 1. The van der Waals surface area contributed by atoms with Crippen molar-refractivity contribution < 1.29 is 19.5 Å². The molecule has 0 aliphatic carbocycles. The second-order valence-electron chi connectivity index (χ2n) is 13.0. The number of hydrogen-bond donors (Lipinski definition) is 3. The summed E-state index contributed by atoms with van der Waals surface area (Å²) in [5.74, 6) is 0.0285. The number of nitrogens with zero attached hydrogens (tertiary/aromatic N) is 4. The lowest BCUT2D eigenvalue weighted by atomic mass is 9.88. The Kier molecular flexibility index (Phi) is 15.5. The number of nitrogens with one attached hydrogen (secondary N) is 2. The van der Waals surface area contributed by atoms with Crippen LogP contribution in [-0.4, -0.2) is 82.5 Å². The number of rotatable bonds is 15. The van der Waals surface area contributed by atoms with Gasteiger partial charge in [0.2, 0.25) is 11.8 Å². The van der Waals surface area contributed by atoms with Crippen molar-refractivity contribution in [1.82, 2.24) is 19.8 Å². The number of aliphatic hydroxyl groups is 1. The summed E-state index contributed by atoms with van der Waals surface area (Å²) in [6.45, 7) is 8.79. The third-order valence-electron chi connectivity index (χ3n) is 9.18. The molecule has 1 aromatic heterocycles. The van der Waals surface area contributed by atoms with Crippen LogP contribution in [0.25, 0.3) is 15.9 Å². The Bertz CT molecular complexity index is 1960. The Balaban J connectivity index is 0.000000407. The first-order valence-corrected chi connectivity index (χ1v) is 18.4. The van der Waals surface area contributed by atoms with E-state index in [4.69, 9.17) is 23.2 Å². The van der Waals surface area contributed by atoms with Crippen molar-refractivity contribution in [3.05, 3.63) is 107 Å². The Morgan fingerprint density at radius 1 is 1.11 bits per heavy atom. The van der Waals surface area contributed by atoms with Gasteiger partial charge in [-0.15, -0.1) is 11.6 Å². The molecular formula is C40H46Cl2N6O5. The second-order valence-corrected chi connectivity index (χ2v) is 13.9. The van der Waals surface area contributed by atoms with E-state index in [2.05, 4.69) is 46.0 Å². The Morgan fingerprint density at radius 3 is 2.49 bits per heavy atom. The van der Waals surface area contributed by atoms with E-state index in [0.717, 1.165) is 31.2 Å². The van der Waals surface area contributed by atoms with Crippen molar-refractivity contribution in [2.24, 2.45) is 10.9 Å². The Morgan fingerprint density at radius 2 is 1.85 bits per heavy atom. The summed E-state index contributed by atoms with van der Waals surface area (Å²) in [5, 5.41) is 18.1. The number of hydrogen-bond acceptors (Lipinski definition) is 8. The average molecular weight is 762 g/mol. The van der Waals surface area contributed by atoms with Crippen LogP contribution >= 0.6 is 23.2 Å². The molecule has 2 heterocycles. The van der Waals surface area contributed by atoms with E-state index in [1.807, 2.05) is 30.1 Å². The lowest BCUT2D eigenvalue weighted by molar-refractivity contribution is -0.140. The van der Waals surface area contributed by atoms with Crippen molar-refractivity contribution in [3.63, 3.8) is 0 Å². The molecule has 1 atom stereocenters. The molecule has 2 amide bonds. The third-order valence-corrected chi connectivity index (χ3v) is 9.57. The van der Waals surface area contributed by atoms with Crippen LogP contribution in [0.4, 0.5) is 11.4 Å². The number of benzene rings is 3. The maximum Gasteiger partial charge on any atom is 0.261 e. The molecule has 5 rings (SSSR count). The SMILES string of the molecule is C=Nc1cc(C=O)ccc1C(=C)Cl.CNCCCC(Cc1ccccc1)C(=O)N1CCC(O)(Cn2cnc3cc(NC(=O)CCCl)ccc3c2=O)CC1. The van der Waals surface area contributed by atoms with Gasteiger partial charge in [-0.25, -0.2) is 4.98 Å². The topological polar surface area (TPSA) is 146 Å². The molecule has 1 unspecified atom stereocenters. The van der Waals surface area contributed by atoms with Gasteiger partial charge in [0.25, 0.3) is 5.56 Å². The predicted molar refractivity (Wildman–Crippen MR) is 213 cm³/mol. The number of aliphatic imine (C=N–C) groups is 1. The number of halogens is 2. The van der Waals surface area contributed by atoms with Crippen LogP contribution < -0.4 is 16.2 Å². The molecule has 1 aliphatic heterocycles. The van der Waals surface area contributed by atoms with Crippen molar-refractivity contribution >= 4 is 75.3 Å². The number of aldehydes is 1. The van der Waals surface area contributed by atoms with Crippen LogP contribution in [0.15, 0.2) is 89.4 Å². The van der Waals surface area contributed by atoms with E-state index >= 15 is 0 Å². The number of carbonyl (C=O) groups is 3. The van der Waals surface area contributed by atoms with Crippen LogP contribution in [-0.2, 0) is 22.6 Å². The molecule has 0 radical (unpaired) electrons. The molecule has 0 saturated carbocycles. The number of fused-ring (bicyclic) bond motifs is 1. The van der Waals surface area contributed by atoms with Crippen molar-refractivity contribution in [3.8, 4) is 0 Å². The first-order chi connectivity index (χ1) is 25.5. The molecule has 280 valence electrons. The summed E-state index contributed by atoms with van der Waals surface area (Å²) < 4.78 is 1.43. The van der Waals surface area contributed by atoms with E-state index in [0.29, 0.717) is 70.8 Å². The Labute approximate surface area is 319 Å². The van der Waals surface area contributed by atoms with E-state index in [-0.39, 0.29) is 42.1 Å². The molecule has 1 aliphatic rings. The fourth-order valence-corrected chi connectivity index (χ4v) is 6.59. The van der Waals surface area contributed by atoms with Crippen LogP contribution in [0, 0.1) is 5.92 Å². The number of piperidine rings is 1. The van der Waals surface area contributed by atoms with Crippen molar-refractivity contribution in [2.75, 3.05) is 37.9 Å². The van der Waals surface area contributed by atoms with Crippen LogP contribution in [0.5, 0.6) is 0 Å². The van der Waals surface area contributed by atoms with Gasteiger partial charge in [0, 0.05) is 53.2 Å². The molecule has 0 bridgehead atoms. The fraction of sp³-hybridized carbons (Fsp3) is 0.350. The quantitative estimate of drug-likeness (QED) is 0.0565. The van der Waals surface area contributed by atoms with Crippen molar-refractivity contribution in [2.45, 2.75) is 50.7 Å². The maximum absolute atomic E-state index is 13.5. The molecule has 0 spiro atoms. The molecule has 3 N–H and O–H groups in total. The molecule has 11 nitrogen and oxygen atoms in total. The summed E-state index contributed by atoms with van der Waals surface area (Å²) in [6.07, 6.45) is 5.53. The lowest BCUT2D eigenvalue weighted by Crippen LogP contribution is -2.51. The van der Waals surface area contributed by atoms with E-state index in [9.17, 15) is 24.3 Å². The van der Waals surface area contributed by atoms with Crippen LogP contribution in [0.1, 0.15) is 53.6 Å². The first kappa shape index (κ1) is 41.1. The highest BCUT2D eigenvalue weighted by atomic mass is 35.5. The van der Waals surface area contributed by atoms with E-state index in [1.165, 1.54) is 10.9 Å². The minimum absolute atomic E-state index is 0.0978. The van der Waals surface area contributed by atoms with E-state index < -0.39 is 5.60 Å². The summed E-state index contributed by atoms with van der Waals surface area (Å²) in [6, 6.07) is 20.0. The van der Waals surface area contributed by atoms with Gasteiger partial charge >= 0.3 is 0 Å². The fourth-order valence-electron chi connectivity index (χ4n) is 6.25. The minimum Gasteiger partial charge on any atom is -0.388 e. The largest absolute Gasteiger partial charge is 0.388 e. The average Bonchev–Trinajstić information content (AvgIpc) is 3.16. The number of carbonyl (C=O) groups excluding carboxylic acids is 3. The zero-order valence-corrected chi connectivity index (χ0v) is 31.4. The minimum atomic E-state index is -1.12. The van der Waals surface area contributed by atoms with Crippen LogP contribution in [0.3, 0.4) is 0 Å². The van der Waals surface area contributed by atoms with Crippen molar-refractivity contribution in [1.29, 1.82) is 0 Å². The standard InChI is InChI=1S/C30H38ClN5O4.C10H8ClNO/c1-32-15-5-8-23(18-22-6-3-2-4-7-22)28(38)35-16-12-30(40,13-17-35)20-36-21-33-26-19-24(34-27(37)11-14-31)9-10-25(26)29(36)39;1-7(11)9-4-3-8(6-13)5-10(9)12-2/h2-4,6-7,9-10,19,21,23,32,40H,5,8,11-18,20H2,1H3,(H,34,37);3-6H,1-2H2. The highest BCUT2D eigenvalue weighted by Crippen LogP contribution is 2.29. The van der Waals surface area contributed by atoms with Gasteiger partial charge in [-0.3, -0.25) is 28.7 Å². The number of anilines is 1. The number of amides is 2. The van der Waals surface area contributed by atoms with Gasteiger partial charge in [0.1, 0.15) is 6.29 Å². The molecule has 3 aromatic carbocycles. The summed E-state index contributed by atoms with van der Waals surface area (Å²) >= 11 is 11.3. The van der Waals surface area contributed by atoms with Gasteiger partial charge in [0.15, 0.2) is 0 Å². The number of alkyl halides is 1. The summed E-state index contributed by atoms with van der Waals surface area (Å²) in [5.41, 5.74) is 2.58. The zero-order chi connectivity index (χ0) is 38.4. The summed E-state index contributed by atoms with van der Waals surface area (Å²) in [7, 11) is 1.91. The molecule has 1 saturated heterocycles. The predicted octanol–water partition coefficient (Wildman–Crippen LogP) is 6.22. The highest BCUT2D eigenvalue weighted by molar-refractivity contribution is 6.48. The first-order valence-electron chi connectivity index (χ1n) is 17.5. The monoisotopic (exact) mass is 760 g/mol. The highest BCUT2D eigenvalue weighted by Gasteiger charge is 2.36. The molecular weight excluding hydrogens is 715 g/mol. The smallest absolute Gasteiger partial charge is 0.261 e. The molecule has 1 fully saturated rings. The normalized spacial score (nSPS) is 14.1. The zero-order valence-electron chi connectivity index (χ0n) is 29.9. The molecule has 13 heteroatoms. The van der Waals surface area contributed by atoms with Gasteiger partial charge in [-0.05, 0) is 82.2 Å². The number of aromatic nitrogens is 2. The van der Waals surface area contributed by atoms with E-state index in [1.54, 1.807) is 36.4 Å². The van der Waals surface area contributed by atoms with Gasteiger partial charge < -0.3 is 20.6 Å². The lowest BCUT2D eigenvalue weighted by Gasteiger charge is -2.39. The Hall–Kier alpha value is -4.68. The van der Waals surface area contributed by atoms with Gasteiger partial charge in [-0.2, -0.15) is 0 Å². The van der Waals surface area contributed by atoms with Gasteiger partial charge in [-0.1, -0.05) is 60.6 Å². The van der Waals surface area contributed by atoms with Crippen LogP contribution in [0.2, 0.25) is 0 Å².